The molecule has 2 aromatic carbocycles. The molecule has 212 valence electrons. The molecule has 1 fully saturated rings. The molecule has 2 aliphatic rings. The molecule has 11 heteroatoms. The van der Waals surface area contributed by atoms with E-state index in [9.17, 15) is 22.8 Å². The third kappa shape index (κ3) is 8.44. The number of piperidine rings is 1. The first-order valence-corrected chi connectivity index (χ1v) is 13.2. The highest BCUT2D eigenvalue weighted by molar-refractivity contribution is 6.30. The minimum Gasteiger partial charge on any atom is -0.475 e. The van der Waals surface area contributed by atoms with Crippen molar-refractivity contribution in [3.8, 4) is 0 Å². The van der Waals surface area contributed by atoms with Crippen molar-refractivity contribution in [2.75, 3.05) is 31.1 Å². The summed E-state index contributed by atoms with van der Waals surface area (Å²) in [6.45, 7) is 7.99. The summed E-state index contributed by atoms with van der Waals surface area (Å²) in [5.41, 5.74) is 2.49. The fourth-order valence-corrected chi connectivity index (χ4v) is 4.91. The molecular weight excluding hydrogens is 535 g/mol. The van der Waals surface area contributed by atoms with Crippen LogP contribution in [0.25, 0.3) is 0 Å². The van der Waals surface area contributed by atoms with Gasteiger partial charge >= 0.3 is 12.1 Å². The molecule has 1 N–H and O–H groups in total. The molecule has 7 nitrogen and oxygen atoms in total. The number of benzene rings is 2. The summed E-state index contributed by atoms with van der Waals surface area (Å²) in [6, 6.07) is 15.4. The van der Waals surface area contributed by atoms with Crippen molar-refractivity contribution in [3.63, 3.8) is 0 Å². The molecule has 0 saturated carbocycles. The molecule has 0 aromatic heterocycles. The lowest BCUT2D eigenvalue weighted by atomic mass is 9.92. The zero-order valence-corrected chi connectivity index (χ0v) is 22.7. The topological polar surface area (TPSA) is 81.2 Å². The summed E-state index contributed by atoms with van der Waals surface area (Å²) < 4.78 is 31.7. The Morgan fingerprint density at radius 2 is 1.62 bits per heavy atom. The maximum Gasteiger partial charge on any atom is 0.490 e. The smallest absolute Gasteiger partial charge is 0.475 e. The van der Waals surface area contributed by atoms with Gasteiger partial charge in [0.15, 0.2) is 0 Å². The third-order valence-corrected chi connectivity index (χ3v) is 7.28. The Labute approximate surface area is 231 Å². The van der Waals surface area contributed by atoms with Crippen LogP contribution in [0, 0.1) is 5.92 Å². The van der Waals surface area contributed by atoms with Crippen LogP contribution in [0.5, 0.6) is 0 Å². The lowest BCUT2D eigenvalue weighted by Crippen LogP contribution is -2.42. The van der Waals surface area contributed by atoms with Crippen LogP contribution in [-0.4, -0.2) is 71.1 Å². The summed E-state index contributed by atoms with van der Waals surface area (Å²) in [5, 5.41) is 7.71. The van der Waals surface area contributed by atoms with Gasteiger partial charge in [0.1, 0.15) is 6.54 Å². The number of carboxylic acid groups (broad SMARTS) is 1. The average Bonchev–Trinajstić information content (AvgIpc) is 3.03. The van der Waals surface area contributed by atoms with Crippen LogP contribution >= 0.6 is 11.6 Å². The zero-order chi connectivity index (χ0) is 28.7. The van der Waals surface area contributed by atoms with Gasteiger partial charge in [0, 0.05) is 35.4 Å². The average molecular weight is 568 g/mol. The molecule has 2 aromatic rings. The molecule has 0 radical (unpaired) electrons. The Kier molecular flexibility index (Phi) is 10.4. The highest BCUT2D eigenvalue weighted by Gasteiger charge is 2.38. The van der Waals surface area contributed by atoms with Crippen molar-refractivity contribution >= 4 is 35.1 Å². The van der Waals surface area contributed by atoms with E-state index in [2.05, 4.69) is 18.7 Å². The predicted octanol–water partition coefficient (Wildman–Crippen LogP) is 5.47. The number of hydrogen-bond acceptors (Lipinski definition) is 4. The number of hydrogen-bond donors (Lipinski definition) is 1. The molecule has 0 unspecified atom stereocenters. The molecule has 39 heavy (non-hydrogen) atoms. The van der Waals surface area contributed by atoms with Gasteiger partial charge in [0.25, 0.3) is 5.91 Å². The van der Waals surface area contributed by atoms with Gasteiger partial charge in [0.2, 0.25) is 5.91 Å². The zero-order valence-electron chi connectivity index (χ0n) is 22.0. The van der Waals surface area contributed by atoms with E-state index in [1.54, 1.807) is 29.2 Å². The van der Waals surface area contributed by atoms with Gasteiger partial charge in [-0.2, -0.15) is 13.2 Å². The molecule has 1 saturated heterocycles. The van der Waals surface area contributed by atoms with Crippen molar-refractivity contribution in [2.24, 2.45) is 5.92 Å². The van der Waals surface area contributed by atoms with E-state index in [0.717, 1.165) is 30.8 Å². The molecule has 2 heterocycles. The molecular formula is C28H33ClF3N3O4. The number of aliphatic carboxylic acids is 1. The Balaban J connectivity index is 0.000000532. The van der Waals surface area contributed by atoms with Crippen molar-refractivity contribution < 1.29 is 32.7 Å². The first-order chi connectivity index (χ1) is 18.4. The van der Waals surface area contributed by atoms with E-state index in [1.807, 2.05) is 29.2 Å². The van der Waals surface area contributed by atoms with Gasteiger partial charge in [-0.25, -0.2) is 4.79 Å². The third-order valence-electron chi connectivity index (χ3n) is 7.03. The van der Waals surface area contributed by atoms with E-state index < -0.39 is 12.1 Å². The number of amides is 2. The number of halogens is 4. The molecule has 0 spiro atoms. The van der Waals surface area contributed by atoms with Crippen molar-refractivity contribution in [2.45, 2.75) is 51.9 Å². The SMILES string of the molecule is CC(C)N1CCC(CCN2C(=O)CN(C(=O)c3ccc(Cl)cc3)Cc3ccccc32)CC1.O=C(O)C(F)(F)F. The normalized spacial score (nSPS) is 16.8. The minimum atomic E-state index is -5.08. The van der Waals surface area contributed by atoms with Crippen LogP contribution < -0.4 is 4.90 Å². The predicted molar refractivity (Wildman–Crippen MR) is 143 cm³/mol. The fourth-order valence-electron chi connectivity index (χ4n) is 4.79. The maximum absolute atomic E-state index is 13.3. The quantitative estimate of drug-likeness (QED) is 0.518. The van der Waals surface area contributed by atoms with Crippen LogP contribution in [0.1, 0.15) is 49.0 Å². The van der Waals surface area contributed by atoms with Crippen molar-refractivity contribution in [1.82, 2.24) is 9.80 Å². The van der Waals surface area contributed by atoms with Crippen LogP contribution in [-0.2, 0) is 16.1 Å². The first kappa shape index (κ1) is 30.4. The summed E-state index contributed by atoms with van der Waals surface area (Å²) in [6.07, 6.45) is -1.72. The van der Waals surface area contributed by atoms with Crippen LogP contribution in [0.15, 0.2) is 48.5 Å². The van der Waals surface area contributed by atoms with Crippen LogP contribution in [0.4, 0.5) is 18.9 Å². The number of para-hydroxylation sites is 1. The van der Waals surface area contributed by atoms with Crippen molar-refractivity contribution in [3.05, 3.63) is 64.7 Å². The second kappa shape index (κ2) is 13.3. The molecule has 0 aliphatic carbocycles. The summed E-state index contributed by atoms with van der Waals surface area (Å²) >= 11 is 5.97. The largest absolute Gasteiger partial charge is 0.490 e. The van der Waals surface area contributed by atoms with Crippen LogP contribution in [0.3, 0.4) is 0 Å². The number of carbonyl (C=O) groups excluding carboxylic acids is 2. The molecule has 2 amide bonds. The first-order valence-electron chi connectivity index (χ1n) is 12.8. The lowest BCUT2D eigenvalue weighted by Gasteiger charge is -2.35. The van der Waals surface area contributed by atoms with E-state index >= 15 is 0 Å². The highest BCUT2D eigenvalue weighted by atomic mass is 35.5. The minimum absolute atomic E-state index is 0.0168. The van der Waals surface area contributed by atoms with Crippen molar-refractivity contribution in [1.29, 1.82) is 0 Å². The van der Waals surface area contributed by atoms with Gasteiger partial charge in [0.05, 0.1) is 0 Å². The van der Waals surface area contributed by atoms with Gasteiger partial charge in [-0.15, -0.1) is 0 Å². The van der Waals surface area contributed by atoms with E-state index in [-0.39, 0.29) is 18.4 Å². The Bertz CT molecular complexity index is 1150. The molecule has 0 bridgehead atoms. The van der Waals surface area contributed by atoms with E-state index in [4.69, 9.17) is 21.5 Å². The number of nitrogens with zero attached hydrogens (tertiary/aromatic N) is 3. The second-order valence-electron chi connectivity index (χ2n) is 10.0. The van der Waals surface area contributed by atoms with Gasteiger partial charge in [-0.1, -0.05) is 29.8 Å². The number of anilines is 1. The summed E-state index contributed by atoms with van der Waals surface area (Å²) in [5.74, 6) is -2.28. The van der Waals surface area contributed by atoms with Crippen LogP contribution in [0.2, 0.25) is 5.02 Å². The van der Waals surface area contributed by atoms with Gasteiger partial charge in [-0.3, -0.25) is 9.59 Å². The van der Waals surface area contributed by atoms with Gasteiger partial charge in [-0.05, 0) is 88.0 Å². The summed E-state index contributed by atoms with van der Waals surface area (Å²) in [7, 11) is 0. The highest BCUT2D eigenvalue weighted by Crippen LogP contribution is 2.29. The monoisotopic (exact) mass is 567 g/mol. The lowest BCUT2D eigenvalue weighted by molar-refractivity contribution is -0.192. The molecule has 0 atom stereocenters. The molecule has 4 rings (SSSR count). The Morgan fingerprint density at radius 3 is 2.18 bits per heavy atom. The Morgan fingerprint density at radius 1 is 1.03 bits per heavy atom. The maximum atomic E-state index is 13.3. The number of fused-ring (bicyclic) bond motifs is 1. The number of alkyl halides is 3. The Hall–Kier alpha value is -3.11. The number of carbonyl (C=O) groups is 3. The second-order valence-corrected chi connectivity index (χ2v) is 10.4. The van der Waals surface area contributed by atoms with Gasteiger partial charge < -0.3 is 19.8 Å². The number of likely N-dealkylation sites (tertiary alicyclic amines) is 1. The standard InChI is InChI=1S/C26H32ClN3O2.C2HF3O2/c1-19(2)28-14-11-20(12-15-28)13-16-30-24-6-4-3-5-22(24)17-29(18-25(30)31)26(32)21-7-9-23(27)10-8-21;3-2(4,5)1(6)7/h3-10,19-20H,11-18H2,1-2H3;(H,6,7). The van der Waals surface area contributed by atoms with E-state index in [0.29, 0.717) is 35.6 Å². The van der Waals surface area contributed by atoms with E-state index in [1.165, 1.54) is 12.8 Å². The molecule has 2 aliphatic heterocycles. The fraction of sp³-hybridized carbons (Fsp3) is 0.464. The summed E-state index contributed by atoms with van der Waals surface area (Å²) in [4.78, 5) is 41.4. The number of carboxylic acids is 1. The number of rotatable bonds is 5.